The summed E-state index contributed by atoms with van der Waals surface area (Å²) in [6, 6.07) is 21.1. The zero-order valence-corrected chi connectivity index (χ0v) is 19.7. The van der Waals surface area contributed by atoms with Crippen molar-refractivity contribution >= 4 is 75.2 Å². The fraction of sp³-hybridized carbons (Fsp3) is 0. The van der Waals surface area contributed by atoms with E-state index in [1.807, 2.05) is 54.7 Å². The highest BCUT2D eigenvalue weighted by Crippen LogP contribution is 2.35. The van der Waals surface area contributed by atoms with Gasteiger partial charge in [0.1, 0.15) is 0 Å². The van der Waals surface area contributed by atoms with E-state index in [0.717, 1.165) is 28.3 Å². The van der Waals surface area contributed by atoms with Crippen molar-refractivity contribution in [3.8, 4) is 0 Å². The van der Waals surface area contributed by atoms with Gasteiger partial charge >= 0.3 is 6.03 Å². The van der Waals surface area contributed by atoms with Gasteiger partial charge in [-0.25, -0.2) is 4.79 Å². The second-order valence-electron chi connectivity index (χ2n) is 7.81. The number of rotatable bonds is 5. The zero-order valence-electron chi connectivity index (χ0n) is 18.2. The van der Waals surface area contributed by atoms with Crippen LogP contribution >= 0.6 is 23.2 Å². The van der Waals surface area contributed by atoms with E-state index >= 15 is 0 Å². The SMILES string of the molecule is O=C(Nc1cccc(Nc2ccc3c(c2)NC(=O)C3=Cc2ccc[nH]2)c1)Nc1cc(Cl)ccc1Cl. The van der Waals surface area contributed by atoms with Crippen molar-refractivity contribution < 1.29 is 9.59 Å². The Hall–Kier alpha value is -4.20. The molecule has 0 saturated heterocycles. The lowest BCUT2D eigenvalue weighted by molar-refractivity contribution is -0.110. The Morgan fingerprint density at radius 3 is 2.51 bits per heavy atom. The van der Waals surface area contributed by atoms with E-state index in [1.165, 1.54) is 0 Å². The Labute approximate surface area is 211 Å². The lowest BCUT2D eigenvalue weighted by Crippen LogP contribution is -2.19. The molecule has 35 heavy (non-hydrogen) atoms. The Bertz CT molecular complexity index is 1460. The maximum absolute atomic E-state index is 12.5. The molecule has 0 spiro atoms. The molecule has 0 atom stereocenters. The van der Waals surface area contributed by atoms with Crippen LogP contribution < -0.4 is 21.3 Å². The number of anilines is 5. The summed E-state index contributed by atoms with van der Waals surface area (Å²) < 4.78 is 0. The van der Waals surface area contributed by atoms with Gasteiger partial charge in [-0.15, -0.1) is 0 Å². The monoisotopic (exact) mass is 503 g/mol. The Morgan fingerprint density at radius 1 is 0.857 bits per heavy atom. The lowest BCUT2D eigenvalue weighted by Gasteiger charge is -2.12. The summed E-state index contributed by atoms with van der Waals surface area (Å²) in [7, 11) is 0. The minimum atomic E-state index is -0.451. The number of benzene rings is 3. The van der Waals surface area contributed by atoms with Crippen LogP contribution in [0.3, 0.4) is 0 Å². The van der Waals surface area contributed by atoms with Gasteiger partial charge in [0.2, 0.25) is 0 Å². The molecule has 0 unspecified atom stereocenters. The van der Waals surface area contributed by atoms with E-state index in [4.69, 9.17) is 23.2 Å². The predicted molar refractivity (Wildman–Crippen MR) is 143 cm³/mol. The van der Waals surface area contributed by atoms with E-state index in [1.54, 1.807) is 30.3 Å². The van der Waals surface area contributed by atoms with E-state index in [2.05, 4.69) is 26.3 Å². The second-order valence-corrected chi connectivity index (χ2v) is 8.65. The summed E-state index contributed by atoms with van der Waals surface area (Å²) in [4.78, 5) is 28.0. The molecule has 1 aliphatic rings. The van der Waals surface area contributed by atoms with Crippen LogP contribution in [-0.4, -0.2) is 16.9 Å². The van der Waals surface area contributed by atoms with Gasteiger partial charge in [0, 0.05) is 39.5 Å². The number of aromatic amines is 1. The number of hydrogen-bond acceptors (Lipinski definition) is 3. The van der Waals surface area contributed by atoms with Crippen molar-refractivity contribution in [3.05, 3.63) is 100 Å². The lowest BCUT2D eigenvalue weighted by atomic mass is 10.1. The average molecular weight is 504 g/mol. The Balaban J connectivity index is 1.29. The van der Waals surface area contributed by atoms with E-state index in [0.29, 0.717) is 27.0 Å². The van der Waals surface area contributed by atoms with Gasteiger partial charge in [-0.05, 0) is 66.7 Å². The normalized spacial score (nSPS) is 13.3. The van der Waals surface area contributed by atoms with Crippen molar-refractivity contribution in [2.45, 2.75) is 0 Å². The molecule has 5 rings (SSSR count). The standard InChI is InChI=1S/C26H19Cl2N5O2/c27-15-6-9-22(28)24(11-15)33-26(35)31-18-4-1-3-17(12-18)30-19-7-8-20-21(13-16-5-2-10-29-16)25(34)32-23(20)14-19/h1-14,29-30H,(H,32,34)(H2,31,33,35). The number of urea groups is 1. The van der Waals surface area contributed by atoms with E-state index in [-0.39, 0.29) is 5.91 Å². The van der Waals surface area contributed by atoms with Crippen LogP contribution in [0.15, 0.2) is 79.0 Å². The van der Waals surface area contributed by atoms with Crippen molar-refractivity contribution in [1.82, 2.24) is 4.98 Å². The maximum atomic E-state index is 12.5. The molecule has 5 N–H and O–H groups in total. The number of carbonyl (C=O) groups excluding carboxylic acids is 2. The summed E-state index contributed by atoms with van der Waals surface area (Å²) in [5.41, 5.74) is 5.56. The second kappa shape index (κ2) is 9.58. The fourth-order valence-electron chi connectivity index (χ4n) is 3.72. The third kappa shape index (κ3) is 5.16. The van der Waals surface area contributed by atoms with Crippen molar-refractivity contribution in [3.63, 3.8) is 0 Å². The summed E-state index contributed by atoms with van der Waals surface area (Å²) in [6.07, 6.45) is 3.64. The number of fused-ring (bicyclic) bond motifs is 1. The van der Waals surface area contributed by atoms with Crippen molar-refractivity contribution in [2.24, 2.45) is 0 Å². The molecule has 1 aliphatic heterocycles. The molecule has 0 bridgehead atoms. The fourth-order valence-corrected chi connectivity index (χ4v) is 4.06. The summed E-state index contributed by atoms with van der Waals surface area (Å²) >= 11 is 12.1. The van der Waals surface area contributed by atoms with Crippen LogP contribution in [0.5, 0.6) is 0 Å². The first-order valence-corrected chi connectivity index (χ1v) is 11.4. The number of hydrogen-bond donors (Lipinski definition) is 5. The third-order valence-electron chi connectivity index (χ3n) is 5.31. The first-order chi connectivity index (χ1) is 16.9. The molecule has 174 valence electrons. The number of nitrogens with one attached hydrogen (secondary N) is 5. The molecular weight excluding hydrogens is 485 g/mol. The smallest absolute Gasteiger partial charge is 0.323 e. The number of aromatic nitrogens is 1. The van der Waals surface area contributed by atoms with Crippen LogP contribution in [0.1, 0.15) is 11.3 Å². The average Bonchev–Trinajstić information content (AvgIpc) is 3.44. The molecule has 9 heteroatoms. The van der Waals surface area contributed by atoms with Gasteiger partial charge in [-0.3, -0.25) is 4.79 Å². The summed E-state index contributed by atoms with van der Waals surface area (Å²) in [5, 5.41) is 12.5. The molecule has 1 aromatic heterocycles. The predicted octanol–water partition coefficient (Wildman–Crippen LogP) is 7.20. The van der Waals surface area contributed by atoms with Gasteiger partial charge in [-0.1, -0.05) is 35.3 Å². The highest BCUT2D eigenvalue weighted by Gasteiger charge is 2.24. The minimum absolute atomic E-state index is 0.149. The van der Waals surface area contributed by atoms with Crippen LogP contribution in [0, 0.1) is 0 Å². The molecule has 2 heterocycles. The van der Waals surface area contributed by atoms with Crippen LogP contribution in [0.4, 0.5) is 33.2 Å². The Kier molecular flexibility index (Phi) is 6.18. The van der Waals surface area contributed by atoms with Gasteiger partial charge in [0.25, 0.3) is 5.91 Å². The van der Waals surface area contributed by atoms with Crippen molar-refractivity contribution in [2.75, 3.05) is 21.3 Å². The van der Waals surface area contributed by atoms with Crippen LogP contribution in [-0.2, 0) is 4.79 Å². The maximum Gasteiger partial charge on any atom is 0.323 e. The summed E-state index contributed by atoms with van der Waals surface area (Å²) in [5.74, 6) is -0.149. The number of H-pyrrole nitrogens is 1. The molecule has 7 nitrogen and oxygen atoms in total. The molecule has 4 aromatic rings. The van der Waals surface area contributed by atoms with E-state index < -0.39 is 6.03 Å². The minimum Gasteiger partial charge on any atom is -0.362 e. The van der Waals surface area contributed by atoms with Gasteiger partial charge in [0.05, 0.1) is 22.0 Å². The molecule has 0 fully saturated rings. The molecular formula is C26H19Cl2N5O2. The van der Waals surface area contributed by atoms with E-state index in [9.17, 15) is 9.59 Å². The first-order valence-electron chi connectivity index (χ1n) is 10.7. The summed E-state index contributed by atoms with van der Waals surface area (Å²) in [6.45, 7) is 0. The largest absolute Gasteiger partial charge is 0.362 e. The molecule has 0 aliphatic carbocycles. The first kappa shape index (κ1) is 22.6. The molecule has 3 aromatic carbocycles. The molecule has 0 radical (unpaired) electrons. The number of amides is 3. The molecule has 0 saturated carbocycles. The quantitative estimate of drug-likeness (QED) is 0.186. The van der Waals surface area contributed by atoms with Crippen LogP contribution in [0.25, 0.3) is 11.6 Å². The van der Waals surface area contributed by atoms with Crippen LogP contribution in [0.2, 0.25) is 10.0 Å². The Morgan fingerprint density at radius 2 is 1.69 bits per heavy atom. The number of halogens is 2. The highest BCUT2D eigenvalue weighted by molar-refractivity contribution is 6.36. The number of carbonyl (C=O) groups is 2. The molecule has 3 amide bonds. The van der Waals surface area contributed by atoms with Crippen molar-refractivity contribution in [1.29, 1.82) is 0 Å². The third-order valence-corrected chi connectivity index (χ3v) is 5.87. The highest BCUT2D eigenvalue weighted by atomic mass is 35.5. The van der Waals surface area contributed by atoms with Gasteiger partial charge in [-0.2, -0.15) is 0 Å². The topological polar surface area (TPSA) is 98.1 Å². The van der Waals surface area contributed by atoms with Gasteiger partial charge < -0.3 is 26.3 Å². The van der Waals surface area contributed by atoms with Gasteiger partial charge in [0.15, 0.2) is 0 Å². The zero-order chi connectivity index (χ0) is 24.4.